The first-order chi connectivity index (χ1) is 19.5. The van der Waals surface area contributed by atoms with Gasteiger partial charge in [-0.05, 0) is 55.8 Å². The summed E-state index contributed by atoms with van der Waals surface area (Å²) in [6.07, 6.45) is 3.73. The number of rotatable bonds is 6. The molecule has 208 valence electrons. The van der Waals surface area contributed by atoms with Crippen LogP contribution in [0.25, 0.3) is 34.2 Å². The average molecular weight is 565 g/mol. The molecule has 0 saturated heterocycles. The molecule has 0 amide bonds. The number of fused-ring (bicyclic) bond motifs is 1. The van der Waals surface area contributed by atoms with Crippen LogP contribution < -0.4 is 0 Å². The normalized spacial score (nSPS) is 12.8. The van der Waals surface area contributed by atoms with Gasteiger partial charge in [-0.3, -0.25) is 14.2 Å². The lowest BCUT2D eigenvalue weighted by molar-refractivity contribution is -0.0221. The van der Waals surface area contributed by atoms with Crippen molar-refractivity contribution in [1.82, 2.24) is 38.9 Å². The van der Waals surface area contributed by atoms with Crippen LogP contribution in [0.3, 0.4) is 0 Å². The van der Waals surface area contributed by atoms with E-state index in [9.17, 15) is 17.6 Å². The third kappa shape index (κ3) is 4.62. The number of hydrogen-bond donors (Lipinski definition) is 0. The van der Waals surface area contributed by atoms with Crippen molar-refractivity contribution < 1.29 is 22.0 Å². The van der Waals surface area contributed by atoms with Crippen LogP contribution >= 0.6 is 0 Å². The fourth-order valence-electron chi connectivity index (χ4n) is 4.81. The molecule has 1 aromatic carbocycles. The summed E-state index contributed by atoms with van der Waals surface area (Å²) < 4.78 is 76.5. The molecule has 1 unspecified atom stereocenters. The predicted octanol–water partition coefficient (Wildman–Crippen LogP) is 6.12. The van der Waals surface area contributed by atoms with Gasteiger partial charge in [0.25, 0.3) is 11.9 Å². The second-order valence-electron chi connectivity index (χ2n) is 9.68. The molecule has 5 aromatic heterocycles. The maximum absolute atomic E-state index is 15.1. The molecule has 0 fully saturated rings. The Labute approximate surface area is 229 Å². The molecule has 6 rings (SSSR count). The van der Waals surface area contributed by atoms with Gasteiger partial charge in [-0.2, -0.15) is 9.37 Å². The summed E-state index contributed by atoms with van der Waals surface area (Å²) in [5.41, 5.74) is 2.02. The summed E-state index contributed by atoms with van der Waals surface area (Å²) >= 11 is 0. The minimum absolute atomic E-state index is 0.00145. The van der Waals surface area contributed by atoms with Crippen molar-refractivity contribution >= 4 is 5.65 Å². The second kappa shape index (κ2) is 9.61. The minimum atomic E-state index is -3.37. The van der Waals surface area contributed by atoms with E-state index in [2.05, 4.69) is 25.1 Å². The van der Waals surface area contributed by atoms with Gasteiger partial charge >= 0.3 is 0 Å². The monoisotopic (exact) mass is 564 g/mol. The highest BCUT2D eigenvalue weighted by atomic mass is 19.3. The number of aryl methyl sites for hydroxylation is 2. The van der Waals surface area contributed by atoms with Crippen LogP contribution in [0.2, 0.25) is 0 Å². The molecule has 1 atom stereocenters. The lowest BCUT2D eigenvalue weighted by atomic mass is 10.0. The van der Waals surface area contributed by atoms with E-state index in [4.69, 9.17) is 0 Å². The van der Waals surface area contributed by atoms with E-state index in [1.165, 1.54) is 41.2 Å². The molecule has 0 radical (unpaired) electrons. The van der Waals surface area contributed by atoms with Gasteiger partial charge in [0, 0.05) is 24.5 Å². The third-order valence-electron chi connectivity index (χ3n) is 6.69. The molecule has 0 aliphatic rings. The summed E-state index contributed by atoms with van der Waals surface area (Å²) in [5, 5.41) is 8.18. The second-order valence-corrected chi connectivity index (χ2v) is 9.68. The van der Waals surface area contributed by atoms with Gasteiger partial charge in [-0.15, -0.1) is 10.2 Å². The zero-order valence-corrected chi connectivity index (χ0v) is 21.9. The van der Waals surface area contributed by atoms with E-state index >= 15 is 4.39 Å². The fraction of sp³-hybridized carbons (Fsp3) is 0.179. The van der Waals surface area contributed by atoms with Crippen molar-refractivity contribution in [1.29, 1.82) is 0 Å². The summed E-state index contributed by atoms with van der Waals surface area (Å²) in [6, 6.07) is 9.18. The van der Waals surface area contributed by atoms with Gasteiger partial charge in [0.2, 0.25) is 5.95 Å². The largest absolute Gasteiger partial charge is 0.286 e. The number of aromatic nitrogens is 8. The molecule has 0 saturated carbocycles. The van der Waals surface area contributed by atoms with Crippen molar-refractivity contribution in [3.05, 3.63) is 102 Å². The van der Waals surface area contributed by atoms with Crippen molar-refractivity contribution in [2.75, 3.05) is 0 Å². The highest BCUT2D eigenvalue weighted by Crippen LogP contribution is 2.36. The molecule has 0 aliphatic carbocycles. The van der Waals surface area contributed by atoms with Gasteiger partial charge in [-0.1, -0.05) is 12.1 Å². The van der Waals surface area contributed by atoms with Crippen LogP contribution in [-0.2, 0) is 0 Å². The van der Waals surface area contributed by atoms with Crippen molar-refractivity contribution in [2.45, 2.75) is 32.7 Å². The molecule has 8 nitrogen and oxygen atoms in total. The first-order valence-corrected chi connectivity index (χ1v) is 12.4. The van der Waals surface area contributed by atoms with Crippen LogP contribution in [0, 0.1) is 31.4 Å². The van der Waals surface area contributed by atoms with Crippen LogP contribution in [0.15, 0.2) is 67.1 Å². The minimum Gasteiger partial charge on any atom is -0.286 e. The van der Waals surface area contributed by atoms with E-state index in [1.807, 2.05) is 26.0 Å². The van der Waals surface area contributed by atoms with Crippen LogP contribution in [0.5, 0.6) is 0 Å². The summed E-state index contributed by atoms with van der Waals surface area (Å²) in [7, 11) is 0. The van der Waals surface area contributed by atoms with Crippen LogP contribution in [-0.4, -0.2) is 44.8 Å². The molecular formula is C28H21F5N8. The molecule has 41 heavy (non-hydrogen) atoms. The van der Waals surface area contributed by atoms with E-state index in [0.29, 0.717) is 12.6 Å². The Bertz CT molecular complexity index is 1880. The Morgan fingerprint density at radius 3 is 2.17 bits per heavy atom. The summed E-state index contributed by atoms with van der Waals surface area (Å²) in [5.74, 6) is -5.39. The number of nitrogens with zero attached hydrogens (tertiary/aromatic N) is 8. The van der Waals surface area contributed by atoms with E-state index in [1.54, 1.807) is 4.57 Å². The third-order valence-corrected chi connectivity index (χ3v) is 6.69. The van der Waals surface area contributed by atoms with Gasteiger partial charge in [-0.25, -0.2) is 27.1 Å². The number of alkyl halides is 2. The van der Waals surface area contributed by atoms with Gasteiger partial charge in [0.05, 0.1) is 29.3 Å². The number of halogens is 5. The fourth-order valence-corrected chi connectivity index (χ4v) is 4.81. The summed E-state index contributed by atoms with van der Waals surface area (Å²) in [4.78, 5) is 13.0. The van der Waals surface area contributed by atoms with Crippen molar-refractivity contribution in [3.8, 4) is 28.6 Å². The first-order valence-electron chi connectivity index (χ1n) is 12.4. The molecule has 0 N–H and O–H groups in total. The Morgan fingerprint density at radius 1 is 0.805 bits per heavy atom. The Kier molecular flexibility index (Phi) is 6.16. The SMILES string of the molecule is Cc1ccc(C)n1-c1nc2c(F)ccc(-c3cncc(-c4cn(C(c5ccc(F)cc5)C(C)(F)F)nc4F)n3)n2n1. The zero-order chi connectivity index (χ0) is 29.1. The van der Waals surface area contributed by atoms with Gasteiger partial charge < -0.3 is 0 Å². The number of pyridine rings is 1. The molecule has 6 aromatic rings. The van der Waals surface area contributed by atoms with E-state index in [-0.39, 0.29) is 34.1 Å². The maximum Gasteiger partial charge on any atom is 0.271 e. The lowest BCUT2D eigenvalue weighted by Crippen LogP contribution is -2.29. The quantitative estimate of drug-likeness (QED) is 0.228. The van der Waals surface area contributed by atoms with E-state index in [0.717, 1.165) is 34.4 Å². The highest BCUT2D eigenvalue weighted by Gasteiger charge is 2.38. The molecule has 5 heterocycles. The van der Waals surface area contributed by atoms with Crippen LogP contribution in [0.1, 0.15) is 29.9 Å². The Hall–Kier alpha value is -4.94. The number of hydrogen-bond acceptors (Lipinski definition) is 5. The van der Waals surface area contributed by atoms with Gasteiger partial charge in [0.15, 0.2) is 11.5 Å². The number of benzene rings is 1. The molecule has 0 aliphatic heterocycles. The summed E-state index contributed by atoms with van der Waals surface area (Å²) in [6.45, 7) is 4.41. The highest BCUT2D eigenvalue weighted by molar-refractivity contribution is 5.64. The van der Waals surface area contributed by atoms with Gasteiger partial charge in [0.1, 0.15) is 17.6 Å². The topological polar surface area (TPSA) is 78.7 Å². The molecule has 13 heteroatoms. The predicted molar refractivity (Wildman–Crippen MR) is 139 cm³/mol. The van der Waals surface area contributed by atoms with Crippen molar-refractivity contribution in [2.24, 2.45) is 0 Å². The maximum atomic E-state index is 15.1. The molecule has 0 bridgehead atoms. The standard InChI is InChI=1S/C28H21F5N8/c1-15-4-5-16(2)40(15)27-36-26-20(30)10-11-23(41(26)38-27)22-13-34-12-21(35-22)19-14-39(37-25(19)31)24(28(3,32)33)17-6-8-18(29)9-7-17/h4-14,24H,1-3H3. The van der Waals surface area contributed by atoms with Crippen LogP contribution in [0.4, 0.5) is 22.0 Å². The van der Waals surface area contributed by atoms with Crippen molar-refractivity contribution in [3.63, 3.8) is 0 Å². The first kappa shape index (κ1) is 26.3. The molecule has 0 spiro atoms. The smallest absolute Gasteiger partial charge is 0.271 e. The Balaban J connectivity index is 1.43. The Morgan fingerprint density at radius 2 is 1.49 bits per heavy atom. The van der Waals surface area contributed by atoms with E-state index < -0.39 is 29.5 Å². The zero-order valence-electron chi connectivity index (χ0n) is 21.9. The average Bonchev–Trinajstić information content (AvgIpc) is 3.62. The molecular weight excluding hydrogens is 543 g/mol. The lowest BCUT2D eigenvalue weighted by Gasteiger charge is -2.24.